The van der Waals surface area contributed by atoms with Crippen molar-refractivity contribution in [1.82, 2.24) is 25.4 Å². The summed E-state index contributed by atoms with van der Waals surface area (Å²) in [6.07, 6.45) is 6.49. The Morgan fingerprint density at radius 2 is 2.04 bits per heavy atom. The third kappa shape index (κ3) is 3.55. The molecule has 0 aliphatic heterocycles. The Morgan fingerprint density at radius 1 is 1.25 bits per heavy atom. The molecular formula is C22H25N5O. The summed E-state index contributed by atoms with van der Waals surface area (Å²) in [5.41, 5.74) is 3.68. The summed E-state index contributed by atoms with van der Waals surface area (Å²) < 4.78 is 0. The molecule has 144 valence electrons. The van der Waals surface area contributed by atoms with Gasteiger partial charge in [0.2, 0.25) is 5.91 Å². The monoisotopic (exact) mass is 375 g/mol. The molecule has 2 N–H and O–H groups in total. The van der Waals surface area contributed by atoms with Crippen molar-refractivity contribution in [2.75, 3.05) is 20.6 Å². The summed E-state index contributed by atoms with van der Waals surface area (Å²) in [7, 11) is 4.07. The first-order valence-electron chi connectivity index (χ1n) is 9.49. The highest BCUT2D eigenvalue weighted by molar-refractivity contribution is 6.02. The van der Waals surface area contributed by atoms with E-state index in [9.17, 15) is 4.79 Å². The SMILES string of the molecule is CN(C)[C@H](CNC(=O)C1=C[C@@]1(C)c1ccccc1)Cc1cnc2[nH]ncc2c1. The lowest BCUT2D eigenvalue weighted by Gasteiger charge is -2.25. The number of rotatable bonds is 7. The molecule has 2 aromatic heterocycles. The molecule has 1 amide bonds. The van der Waals surface area contributed by atoms with E-state index >= 15 is 0 Å². The van der Waals surface area contributed by atoms with Gasteiger partial charge in [-0.15, -0.1) is 0 Å². The Hall–Kier alpha value is -2.99. The molecular weight excluding hydrogens is 350 g/mol. The van der Waals surface area contributed by atoms with Gasteiger partial charge in [0.15, 0.2) is 5.65 Å². The van der Waals surface area contributed by atoms with E-state index in [4.69, 9.17) is 0 Å². The minimum Gasteiger partial charge on any atom is -0.351 e. The second-order valence-electron chi connectivity index (χ2n) is 7.81. The van der Waals surface area contributed by atoms with Gasteiger partial charge < -0.3 is 10.2 Å². The van der Waals surface area contributed by atoms with Gasteiger partial charge in [-0.05, 0) is 44.6 Å². The number of allylic oxidation sites excluding steroid dienone is 1. The lowest BCUT2D eigenvalue weighted by atomic mass is 9.92. The van der Waals surface area contributed by atoms with Crippen LogP contribution in [0, 0.1) is 0 Å². The van der Waals surface area contributed by atoms with Crippen LogP contribution in [0.15, 0.2) is 60.4 Å². The smallest absolute Gasteiger partial charge is 0.248 e. The number of likely N-dealkylation sites (N-methyl/N-ethyl adjacent to an activating group) is 1. The molecule has 2 heterocycles. The largest absolute Gasteiger partial charge is 0.351 e. The van der Waals surface area contributed by atoms with E-state index in [1.165, 1.54) is 0 Å². The van der Waals surface area contributed by atoms with E-state index < -0.39 is 0 Å². The fourth-order valence-corrected chi connectivity index (χ4v) is 3.59. The Morgan fingerprint density at radius 3 is 2.79 bits per heavy atom. The van der Waals surface area contributed by atoms with Crippen molar-refractivity contribution in [3.63, 3.8) is 0 Å². The summed E-state index contributed by atoms with van der Waals surface area (Å²) in [4.78, 5) is 19.2. The molecule has 0 fully saturated rings. The second kappa shape index (κ2) is 7.20. The van der Waals surface area contributed by atoms with Gasteiger partial charge in [0.05, 0.1) is 6.20 Å². The van der Waals surface area contributed by atoms with Crippen molar-refractivity contribution in [3.05, 3.63) is 71.6 Å². The number of pyridine rings is 1. The number of hydrogen-bond donors (Lipinski definition) is 2. The summed E-state index contributed by atoms with van der Waals surface area (Å²) in [5.74, 6) is 0.0154. The standard InChI is InChI=1S/C22H25N5O/c1-22(17-7-5-4-6-8-17)11-19(22)21(28)24-14-18(27(2)3)10-15-9-16-13-25-26-20(16)23-12-15/h4-9,11-13,18H,10,14H2,1-3H3,(H,24,28)(H,23,25,26)/t18-,22-/m0/s1. The third-order valence-electron chi connectivity index (χ3n) is 5.58. The number of aromatic nitrogens is 3. The summed E-state index contributed by atoms with van der Waals surface area (Å²) in [6.45, 7) is 2.67. The lowest BCUT2D eigenvalue weighted by molar-refractivity contribution is -0.117. The Balaban J connectivity index is 1.38. The molecule has 0 bridgehead atoms. The molecule has 0 unspecified atom stereocenters. The van der Waals surface area contributed by atoms with Crippen LogP contribution in [0.5, 0.6) is 0 Å². The first-order valence-corrected chi connectivity index (χ1v) is 9.49. The van der Waals surface area contributed by atoms with Crippen LogP contribution in [-0.4, -0.2) is 52.7 Å². The number of benzene rings is 1. The molecule has 0 saturated carbocycles. The van der Waals surface area contributed by atoms with E-state index in [1.54, 1.807) is 6.20 Å². The van der Waals surface area contributed by atoms with Crippen LogP contribution < -0.4 is 5.32 Å². The zero-order valence-corrected chi connectivity index (χ0v) is 16.4. The number of fused-ring (bicyclic) bond motifs is 1. The van der Waals surface area contributed by atoms with E-state index in [0.29, 0.717) is 6.54 Å². The molecule has 4 rings (SSSR count). The van der Waals surface area contributed by atoms with E-state index in [2.05, 4.69) is 50.5 Å². The number of amides is 1. The van der Waals surface area contributed by atoms with Gasteiger partial charge in [0.1, 0.15) is 0 Å². The van der Waals surface area contributed by atoms with E-state index in [-0.39, 0.29) is 17.4 Å². The van der Waals surface area contributed by atoms with Crippen LogP contribution in [0.3, 0.4) is 0 Å². The zero-order chi connectivity index (χ0) is 19.7. The highest BCUT2D eigenvalue weighted by atomic mass is 16.1. The number of aromatic amines is 1. The van der Waals surface area contributed by atoms with Crippen LogP contribution in [0.25, 0.3) is 11.0 Å². The van der Waals surface area contributed by atoms with Crippen LogP contribution in [-0.2, 0) is 16.6 Å². The zero-order valence-electron chi connectivity index (χ0n) is 16.4. The number of carbonyl (C=O) groups is 1. The van der Waals surface area contributed by atoms with E-state index in [1.807, 2.05) is 44.6 Å². The lowest BCUT2D eigenvalue weighted by Crippen LogP contribution is -2.42. The van der Waals surface area contributed by atoms with Crippen molar-refractivity contribution >= 4 is 16.9 Å². The summed E-state index contributed by atoms with van der Waals surface area (Å²) in [5, 5.41) is 11.0. The van der Waals surface area contributed by atoms with Gasteiger partial charge in [-0.3, -0.25) is 9.89 Å². The molecule has 0 radical (unpaired) electrons. The minimum absolute atomic E-state index is 0.0154. The number of nitrogens with one attached hydrogen (secondary N) is 2. The number of nitrogens with zero attached hydrogens (tertiary/aromatic N) is 3. The molecule has 1 aliphatic carbocycles. The van der Waals surface area contributed by atoms with Gasteiger partial charge in [-0.2, -0.15) is 5.10 Å². The van der Waals surface area contributed by atoms with Crippen LogP contribution >= 0.6 is 0 Å². The van der Waals surface area contributed by atoms with Gasteiger partial charge in [0.25, 0.3) is 0 Å². The molecule has 0 spiro atoms. The van der Waals surface area contributed by atoms with Crippen molar-refractivity contribution in [2.24, 2.45) is 0 Å². The molecule has 6 heteroatoms. The van der Waals surface area contributed by atoms with Crippen molar-refractivity contribution < 1.29 is 4.79 Å². The predicted octanol–water partition coefficient (Wildman–Crippen LogP) is 2.44. The Kier molecular flexibility index (Phi) is 4.73. The van der Waals surface area contributed by atoms with Crippen molar-refractivity contribution in [1.29, 1.82) is 0 Å². The van der Waals surface area contributed by atoms with Gasteiger partial charge in [-0.1, -0.05) is 36.4 Å². The molecule has 1 aromatic carbocycles. The minimum atomic E-state index is -0.241. The van der Waals surface area contributed by atoms with Crippen molar-refractivity contribution in [2.45, 2.75) is 24.8 Å². The maximum Gasteiger partial charge on any atom is 0.248 e. The van der Waals surface area contributed by atoms with Crippen LogP contribution in [0.4, 0.5) is 0 Å². The van der Waals surface area contributed by atoms with Crippen LogP contribution in [0.1, 0.15) is 18.1 Å². The quantitative estimate of drug-likeness (QED) is 0.665. The molecule has 1 aliphatic rings. The fourth-order valence-electron chi connectivity index (χ4n) is 3.59. The predicted molar refractivity (Wildman–Crippen MR) is 110 cm³/mol. The molecule has 6 nitrogen and oxygen atoms in total. The number of carbonyl (C=O) groups excluding carboxylic acids is 1. The van der Waals surface area contributed by atoms with Gasteiger partial charge >= 0.3 is 0 Å². The molecule has 0 saturated heterocycles. The summed E-state index contributed by atoms with van der Waals surface area (Å²) >= 11 is 0. The van der Waals surface area contributed by atoms with Crippen molar-refractivity contribution in [3.8, 4) is 0 Å². The average molecular weight is 375 g/mol. The average Bonchev–Trinajstić information content (AvgIpc) is 3.19. The first kappa shape index (κ1) is 18.4. The first-order chi connectivity index (χ1) is 13.5. The molecule has 28 heavy (non-hydrogen) atoms. The normalized spacial score (nSPS) is 19.5. The summed E-state index contributed by atoms with van der Waals surface area (Å²) in [6, 6.07) is 12.4. The molecule has 3 aromatic rings. The van der Waals surface area contributed by atoms with E-state index in [0.717, 1.165) is 34.2 Å². The number of H-pyrrole nitrogens is 1. The second-order valence-corrected chi connectivity index (χ2v) is 7.81. The van der Waals surface area contributed by atoms with Gasteiger partial charge in [0, 0.05) is 35.2 Å². The highest BCUT2D eigenvalue weighted by Gasteiger charge is 2.44. The molecule has 2 atom stereocenters. The third-order valence-corrected chi connectivity index (χ3v) is 5.58. The maximum atomic E-state index is 12.7. The topological polar surface area (TPSA) is 73.9 Å². The van der Waals surface area contributed by atoms with Crippen LogP contribution in [0.2, 0.25) is 0 Å². The fraction of sp³-hybridized carbons (Fsp3) is 0.318. The van der Waals surface area contributed by atoms with Gasteiger partial charge in [-0.25, -0.2) is 4.98 Å². The Labute approximate surface area is 164 Å². The number of hydrogen-bond acceptors (Lipinski definition) is 4. The Bertz CT molecular complexity index is 1020. The maximum absolute atomic E-state index is 12.7. The highest BCUT2D eigenvalue weighted by Crippen LogP contribution is 2.46.